The highest BCUT2D eigenvalue weighted by Crippen LogP contribution is 2.44. The smallest absolute Gasteiger partial charge is 0.136 e. The average molecular weight is 694 g/mol. The fourth-order valence-electron chi connectivity index (χ4n) is 8.43. The Balaban J connectivity index is 0.976. The highest BCUT2D eigenvalue weighted by Gasteiger charge is 2.21. The molecule has 258 valence electrons. The highest BCUT2D eigenvalue weighted by atomic mass is 16.3. The van der Waals surface area contributed by atoms with Crippen molar-refractivity contribution < 1.29 is 4.42 Å². The van der Waals surface area contributed by atoms with E-state index in [2.05, 4.69) is 199 Å². The zero-order valence-electron chi connectivity index (χ0n) is 30.0. The van der Waals surface area contributed by atoms with Crippen molar-refractivity contribution in [3.05, 3.63) is 205 Å². The molecule has 2 heteroatoms. The molecule has 0 fully saturated rings. The van der Waals surface area contributed by atoms with E-state index in [1.54, 1.807) is 0 Å². The van der Waals surface area contributed by atoms with Crippen molar-refractivity contribution in [1.29, 1.82) is 0 Å². The van der Waals surface area contributed by atoms with Crippen molar-refractivity contribution in [3.63, 3.8) is 0 Å². The van der Waals surface area contributed by atoms with Gasteiger partial charge in [0.05, 0.1) is 0 Å². The second-order valence-electron chi connectivity index (χ2n) is 14.3. The fourth-order valence-corrected chi connectivity index (χ4v) is 8.43. The standard InChI is InChI=1S/C52H39NO/c1-4-13-36(14-5-1)38-27-31-43(32-28-38)53(42-17-8-3-9-18-42)44-33-29-39(30-34-44)37-23-25-41(26-24-37)45-21-12-22-49-51(45)52-47-20-11-10-19-46(47)48(35-50(52)54-49)40-15-6-2-7-16-40/h1-4,6-13,15-27,29-35,38H,5,14,28H2. The van der Waals surface area contributed by atoms with Crippen LogP contribution in [0, 0.1) is 5.92 Å². The van der Waals surface area contributed by atoms with Gasteiger partial charge < -0.3 is 9.32 Å². The first kappa shape index (κ1) is 32.0. The predicted molar refractivity (Wildman–Crippen MR) is 228 cm³/mol. The molecule has 0 saturated carbocycles. The Labute approximate surface area is 316 Å². The van der Waals surface area contributed by atoms with Gasteiger partial charge in [0.2, 0.25) is 0 Å². The van der Waals surface area contributed by atoms with E-state index in [0.717, 1.165) is 47.2 Å². The molecule has 7 aromatic carbocycles. The molecule has 2 nitrogen and oxygen atoms in total. The van der Waals surface area contributed by atoms with E-state index in [1.165, 1.54) is 60.8 Å². The van der Waals surface area contributed by atoms with E-state index in [9.17, 15) is 0 Å². The molecule has 1 atom stereocenters. The van der Waals surface area contributed by atoms with Gasteiger partial charge >= 0.3 is 0 Å². The summed E-state index contributed by atoms with van der Waals surface area (Å²) in [6, 6.07) is 56.6. The van der Waals surface area contributed by atoms with Crippen LogP contribution < -0.4 is 4.90 Å². The molecule has 0 spiro atoms. The van der Waals surface area contributed by atoms with E-state index < -0.39 is 0 Å². The molecule has 10 rings (SSSR count). The van der Waals surface area contributed by atoms with Crippen molar-refractivity contribution in [1.82, 2.24) is 0 Å². The summed E-state index contributed by atoms with van der Waals surface area (Å²) >= 11 is 0. The van der Waals surface area contributed by atoms with Crippen LogP contribution in [0.15, 0.2) is 210 Å². The van der Waals surface area contributed by atoms with Crippen LogP contribution in [-0.4, -0.2) is 0 Å². The Morgan fingerprint density at radius 2 is 1.20 bits per heavy atom. The van der Waals surface area contributed by atoms with E-state index in [0.29, 0.717) is 5.92 Å². The van der Waals surface area contributed by atoms with Crippen molar-refractivity contribution >= 4 is 44.1 Å². The molecule has 0 N–H and O–H groups in total. The molecule has 0 saturated heterocycles. The minimum Gasteiger partial charge on any atom is -0.456 e. The van der Waals surface area contributed by atoms with Crippen LogP contribution in [0.5, 0.6) is 0 Å². The number of fused-ring (bicyclic) bond motifs is 5. The Bertz CT molecular complexity index is 2760. The number of benzene rings is 7. The first-order valence-electron chi connectivity index (χ1n) is 19.0. The van der Waals surface area contributed by atoms with Crippen molar-refractivity contribution in [3.8, 4) is 33.4 Å². The van der Waals surface area contributed by atoms with Crippen LogP contribution in [0.25, 0.3) is 66.1 Å². The number of rotatable bonds is 7. The molecule has 2 aliphatic rings. The normalized spacial score (nSPS) is 15.4. The summed E-state index contributed by atoms with van der Waals surface area (Å²) in [5.74, 6) is 0.479. The summed E-state index contributed by atoms with van der Waals surface area (Å²) < 4.78 is 6.60. The van der Waals surface area contributed by atoms with Crippen LogP contribution in [0.2, 0.25) is 0 Å². The summed E-state index contributed by atoms with van der Waals surface area (Å²) in [4.78, 5) is 2.37. The Kier molecular flexibility index (Phi) is 8.15. The first-order valence-corrected chi connectivity index (χ1v) is 19.0. The van der Waals surface area contributed by atoms with Crippen LogP contribution in [0.3, 0.4) is 0 Å². The summed E-state index contributed by atoms with van der Waals surface area (Å²) in [7, 11) is 0. The third-order valence-electron chi connectivity index (χ3n) is 11.1. The van der Waals surface area contributed by atoms with Crippen molar-refractivity contribution in [2.24, 2.45) is 5.92 Å². The minimum absolute atomic E-state index is 0.479. The molecule has 1 unspecified atom stereocenters. The number of hydrogen-bond donors (Lipinski definition) is 0. The molecule has 1 heterocycles. The van der Waals surface area contributed by atoms with Gasteiger partial charge in [0.15, 0.2) is 0 Å². The minimum atomic E-state index is 0.479. The number of allylic oxidation sites excluding steroid dienone is 7. The largest absolute Gasteiger partial charge is 0.456 e. The number of nitrogens with zero attached hydrogens (tertiary/aromatic N) is 1. The van der Waals surface area contributed by atoms with E-state index in [-0.39, 0.29) is 0 Å². The first-order chi connectivity index (χ1) is 26.8. The highest BCUT2D eigenvalue weighted by molar-refractivity contribution is 6.25. The van der Waals surface area contributed by atoms with Crippen LogP contribution in [-0.2, 0) is 0 Å². The second-order valence-corrected chi connectivity index (χ2v) is 14.3. The number of para-hydroxylation sites is 1. The van der Waals surface area contributed by atoms with E-state index in [4.69, 9.17) is 4.42 Å². The lowest BCUT2D eigenvalue weighted by Gasteiger charge is -2.30. The molecular weight excluding hydrogens is 655 g/mol. The van der Waals surface area contributed by atoms with Gasteiger partial charge in [-0.2, -0.15) is 0 Å². The Morgan fingerprint density at radius 1 is 0.537 bits per heavy atom. The molecule has 0 bridgehead atoms. The van der Waals surface area contributed by atoms with Gasteiger partial charge in [0.25, 0.3) is 0 Å². The lowest BCUT2D eigenvalue weighted by atomic mass is 9.86. The summed E-state index contributed by atoms with van der Waals surface area (Å²) in [5.41, 5.74) is 14.0. The molecule has 54 heavy (non-hydrogen) atoms. The topological polar surface area (TPSA) is 16.4 Å². The zero-order chi connectivity index (χ0) is 35.8. The predicted octanol–water partition coefficient (Wildman–Crippen LogP) is 14.6. The van der Waals surface area contributed by atoms with E-state index in [1.807, 2.05) is 0 Å². The van der Waals surface area contributed by atoms with Gasteiger partial charge in [-0.15, -0.1) is 0 Å². The monoisotopic (exact) mass is 693 g/mol. The molecule has 0 radical (unpaired) electrons. The third-order valence-corrected chi connectivity index (χ3v) is 11.1. The maximum atomic E-state index is 6.60. The summed E-state index contributed by atoms with van der Waals surface area (Å²) in [6.07, 6.45) is 17.2. The van der Waals surface area contributed by atoms with Gasteiger partial charge in [0.1, 0.15) is 11.2 Å². The van der Waals surface area contributed by atoms with Crippen LogP contribution in [0.1, 0.15) is 19.3 Å². The maximum absolute atomic E-state index is 6.60. The summed E-state index contributed by atoms with van der Waals surface area (Å²) in [5, 5.41) is 4.76. The van der Waals surface area contributed by atoms with Crippen molar-refractivity contribution in [2.75, 3.05) is 4.90 Å². The summed E-state index contributed by atoms with van der Waals surface area (Å²) in [6.45, 7) is 0. The zero-order valence-corrected chi connectivity index (χ0v) is 30.0. The van der Waals surface area contributed by atoms with Crippen molar-refractivity contribution in [2.45, 2.75) is 19.3 Å². The fraction of sp³-hybridized carbons (Fsp3) is 0.0769. The lowest BCUT2D eigenvalue weighted by Crippen LogP contribution is -2.18. The Hall–Kier alpha value is -6.64. The van der Waals surface area contributed by atoms with E-state index >= 15 is 0 Å². The SMILES string of the molecule is C1=CCCC(C2C=CC(N(c3ccccc3)c3ccc(-c4ccc(-c5cccc6oc7cc(-c8ccccc8)c8ccccc8c7c56)cc4)cc3)=CC2)=C1. The van der Waals surface area contributed by atoms with Gasteiger partial charge in [0, 0.05) is 33.8 Å². The third kappa shape index (κ3) is 5.77. The molecule has 0 aliphatic heterocycles. The Morgan fingerprint density at radius 3 is 1.93 bits per heavy atom. The lowest BCUT2D eigenvalue weighted by molar-refractivity contribution is 0.669. The number of anilines is 2. The van der Waals surface area contributed by atoms with Crippen LogP contribution >= 0.6 is 0 Å². The molecule has 2 aliphatic carbocycles. The molecule has 0 amide bonds. The maximum Gasteiger partial charge on any atom is 0.136 e. The molecule has 1 aromatic heterocycles. The van der Waals surface area contributed by atoms with Gasteiger partial charge in [-0.1, -0.05) is 157 Å². The second kappa shape index (κ2) is 13.7. The quantitative estimate of drug-likeness (QED) is 0.165. The van der Waals surface area contributed by atoms with Gasteiger partial charge in [-0.25, -0.2) is 0 Å². The van der Waals surface area contributed by atoms with Gasteiger partial charge in [-0.05, 0) is 106 Å². The molecular formula is C52H39NO. The molecule has 8 aromatic rings. The number of hydrogen-bond acceptors (Lipinski definition) is 2. The van der Waals surface area contributed by atoms with Crippen LogP contribution in [0.4, 0.5) is 11.4 Å². The number of furan rings is 1. The average Bonchev–Trinajstić information content (AvgIpc) is 3.64. The van der Waals surface area contributed by atoms with Gasteiger partial charge in [-0.3, -0.25) is 0 Å².